The van der Waals surface area contributed by atoms with E-state index in [4.69, 9.17) is 5.26 Å². The summed E-state index contributed by atoms with van der Waals surface area (Å²) in [5.41, 5.74) is 0. The number of nitriles is 1. The number of hydrogen-bond acceptors (Lipinski definition) is 5. The maximum Gasteiger partial charge on any atom is 0.297 e. The van der Waals surface area contributed by atoms with Crippen LogP contribution in [0.15, 0.2) is 35.2 Å². The predicted octanol–water partition coefficient (Wildman–Crippen LogP) is 0.854. The summed E-state index contributed by atoms with van der Waals surface area (Å²) in [5, 5.41) is 8.84. The van der Waals surface area contributed by atoms with E-state index in [1.807, 2.05) is 6.07 Å². The van der Waals surface area contributed by atoms with Crippen molar-refractivity contribution < 1.29 is 21.8 Å². The Kier molecular flexibility index (Phi) is 4.55. The van der Waals surface area contributed by atoms with E-state index in [1.165, 1.54) is 24.3 Å². The number of amides is 1. The van der Waals surface area contributed by atoms with Gasteiger partial charge in [-0.05, 0) is 12.1 Å². The molecular weight excluding hydrogens is 299 g/mol. The van der Waals surface area contributed by atoms with Crippen LogP contribution in [0.2, 0.25) is 0 Å². The highest BCUT2D eigenvalue weighted by Gasteiger charge is 2.35. The molecule has 0 aliphatic carbocycles. The van der Waals surface area contributed by atoms with Crippen molar-refractivity contribution in [2.75, 3.05) is 13.2 Å². The SMILES string of the molecule is N#C[C@@H]1C[C@H](F)CN1C(=O)COS(=O)(=O)c1ccccc1. The van der Waals surface area contributed by atoms with E-state index in [1.54, 1.807) is 6.07 Å². The largest absolute Gasteiger partial charge is 0.322 e. The highest BCUT2D eigenvalue weighted by molar-refractivity contribution is 7.86. The first-order chi connectivity index (χ1) is 9.94. The minimum absolute atomic E-state index is 0.0618. The number of benzene rings is 1. The standard InChI is InChI=1S/C13H13FN2O4S/c14-10-6-11(7-15)16(8-10)13(17)9-20-21(18,19)12-4-2-1-3-5-12/h1-5,10-11H,6,8-9H2/t10-,11-/m0/s1. The zero-order chi connectivity index (χ0) is 15.5. The normalized spacial score (nSPS) is 22.0. The van der Waals surface area contributed by atoms with Crippen molar-refractivity contribution in [3.63, 3.8) is 0 Å². The lowest BCUT2D eigenvalue weighted by atomic mass is 10.2. The number of nitrogens with zero attached hydrogens (tertiary/aromatic N) is 2. The molecule has 0 unspecified atom stereocenters. The van der Waals surface area contributed by atoms with Gasteiger partial charge in [0.25, 0.3) is 16.0 Å². The van der Waals surface area contributed by atoms with E-state index < -0.39 is 34.8 Å². The fourth-order valence-electron chi connectivity index (χ4n) is 2.05. The summed E-state index contributed by atoms with van der Waals surface area (Å²) in [5.74, 6) is -0.721. The highest BCUT2D eigenvalue weighted by Crippen LogP contribution is 2.20. The maximum atomic E-state index is 13.2. The lowest BCUT2D eigenvalue weighted by Crippen LogP contribution is -2.38. The Morgan fingerprint density at radius 3 is 2.71 bits per heavy atom. The lowest BCUT2D eigenvalue weighted by molar-refractivity contribution is -0.133. The number of halogens is 1. The number of likely N-dealkylation sites (tertiary alicyclic amines) is 1. The fourth-order valence-corrected chi connectivity index (χ4v) is 2.93. The summed E-state index contributed by atoms with van der Waals surface area (Å²) in [7, 11) is -4.05. The number of rotatable bonds is 4. The molecule has 6 nitrogen and oxygen atoms in total. The first kappa shape index (κ1) is 15.4. The van der Waals surface area contributed by atoms with Crippen molar-refractivity contribution >= 4 is 16.0 Å². The molecule has 0 saturated carbocycles. The minimum Gasteiger partial charge on any atom is -0.322 e. The number of carbonyl (C=O) groups excluding carboxylic acids is 1. The Labute approximate surface area is 121 Å². The van der Waals surface area contributed by atoms with Gasteiger partial charge in [0.05, 0.1) is 17.5 Å². The van der Waals surface area contributed by atoms with Gasteiger partial charge in [0.15, 0.2) is 0 Å². The van der Waals surface area contributed by atoms with E-state index in [0.29, 0.717) is 0 Å². The van der Waals surface area contributed by atoms with E-state index in [0.717, 1.165) is 4.90 Å². The first-order valence-corrected chi connectivity index (χ1v) is 7.62. The third-order valence-corrected chi connectivity index (χ3v) is 4.37. The molecule has 1 aromatic rings. The Hall–Kier alpha value is -1.98. The van der Waals surface area contributed by atoms with E-state index in [9.17, 15) is 17.6 Å². The fraction of sp³-hybridized carbons (Fsp3) is 0.385. The molecule has 1 heterocycles. The molecule has 1 aromatic carbocycles. The molecule has 0 bridgehead atoms. The van der Waals surface area contributed by atoms with E-state index in [2.05, 4.69) is 4.18 Å². The summed E-state index contributed by atoms with van der Waals surface area (Å²) in [6, 6.07) is 8.31. The Bertz CT molecular complexity index is 656. The molecule has 21 heavy (non-hydrogen) atoms. The minimum atomic E-state index is -4.05. The van der Waals surface area contributed by atoms with Crippen LogP contribution in [0.1, 0.15) is 6.42 Å². The summed E-state index contributed by atoms with van der Waals surface area (Å²) >= 11 is 0. The average molecular weight is 312 g/mol. The summed E-state index contributed by atoms with van der Waals surface area (Å²) < 4.78 is 41.5. The quantitative estimate of drug-likeness (QED) is 0.769. The Balaban J connectivity index is 2.00. The van der Waals surface area contributed by atoms with Gasteiger partial charge in [0.1, 0.15) is 18.8 Å². The molecule has 1 aliphatic heterocycles. The number of carbonyl (C=O) groups is 1. The van der Waals surface area contributed by atoms with Gasteiger partial charge in [-0.25, -0.2) is 4.39 Å². The second kappa shape index (κ2) is 6.20. The smallest absolute Gasteiger partial charge is 0.297 e. The molecule has 1 aliphatic rings. The predicted molar refractivity (Wildman–Crippen MR) is 70.2 cm³/mol. The molecule has 0 N–H and O–H groups in total. The second-order valence-corrected chi connectivity index (χ2v) is 6.17. The van der Waals surface area contributed by atoms with Gasteiger partial charge in [-0.3, -0.25) is 8.98 Å². The van der Waals surface area contributed by atoms with Gasteiger partial charge in [-0.2, -0.15) is 13.7 Å². The van der Waals surface area contributed by atoms with Crippen LogP contribution >= 0.6 is 0 Å². The lowest BCUT2D eigenvalue weighted by Gasteiger charge is -2.18. The maximum absolute atomic E-state index is 13.2. The molecule has 112 valence electrons. The zero-order valence-corrected chi connectivity index (χ0v) is 11.8. The van der Waals surface area contributed by atoms with Crippen LogP contribution in [0.4, 0.5) is 4.39 Å². The van der Waals surface area contributed by atoms with E-state index in [-0.39, 0.29) is 17.9 Å². The van der Waals surface area contributed by atoms with Crippen LogP contribution in [0.25, 0.3) is 0 Å². The molecule has 1 fully saturated rings. The highest BCUT2D eigenvalue weighted by atomic mass is 32.2. The van der Waals surface area contributed by atoms with Gasteiger partial charge in [-0.15, -0.1) is 0 Å². The molecule has 8 heteroatoms. The molecule has 0 spiro atoms. The summed E-state index contributed by atoms with van der Waals surface area (Å²) in [6.07, 6.45) is -1.34. The van der Waals surface area contributed by atoms with E-state index >= 15 is 0 Å². The van der Waals surface area contributed by atoms with Gasteiger partial charge in [0.2, 0.25) is 0 Å². The van der Waals surface area contributed by atoms with Gasteiger partial charge in [0, 0.05) is 6.42 Å². The van der Waals surface area contributed by atoms with Crippen LogP contribution in [0.3, 0.4) is 0 Å². The van der Waals surface area contributed by atoms with Crippen LogP contribution in [0, 0.1) is 11.3 Å². The Morgan fingerprint density at radius 2 is 2.10 bits per heavy atom. The van der Waals surface area contributed by atoms with Gasteiger partial charge < -0.3 is 4.90 Å². The third-order valence-electron chi connectivity index (χ3n) is 3.09. The van der Waals surface area contributed by atoms with Crippen molar-refractivity contribution in [2.45, 2.75) is 23.5 Å². The first-order valence-electron chi connectivity index (χ1n) is 6.21. The van der Waals surface area contributed by atoms with Crippen LogP contribution in [-0.4, -0.2) is 44.6 Å². The molecule has 0 aromatic heterocycles. The average Bonchev–Trinajstić information content (AvgIpc) is 2.87. The molecule has 2 atom stereocenters. The monoisotopic (exact) mass is 312 g/mol. The van der Waals surface area contributed by atoms with Crippen LogP contribution in [0.5, 0.6) is 0 Å². The summed E-state index contributed by atoms with van der Waals surface area (Å²) in [4.78, 5) is 12.8. The van der Waals surface area contributed by atoms with Crippen LogP contribution in [-0.2, 0) is 19.1 Å². The number of alkyl halides is 1. The zero-order valence-electron chi connectivity index (χ0n) is 11.0. The van der Waals surface area contributed by atoms with Gasteiger partial charge in [-0.1, -0.05) is 18.2 Å². The third kappa shape index (κ3) is 3.56. The molecule has 2 rings (SSSR count). The van der Waals surface area contributed by atoms with Crippen molar-refractivity contribution in [3.8, 4) is 6.07 Å². The molecular formula is C13H13FN2O4S. The molecule has 1 saturated heterocycles. The second-order valence-electron chi connectivity index (χ2n) is 4.55. The van der Waals surface area contributed by atoms with Gasteiger partial charge >= 0.3 is 0 Å². The van der Waals surface area contributed by atoms with Crippen molar-refractivity contribution in [3.05, 3.63) is 30.3 Å². The van der Waals surface area contributed by atoms with Crippen molar-refractivity contribution in [1.82, 2.24) is 4.90 Å². The van der Waals surface area contributed by atoms with Crippen molar-refractivity contribution in [2.24, 2.45) is 0 Å². The Morgan fingerprint density at radius 1 is 1.43 bits per heavy atom. The molecule has 1 amide bonds. The summed E-state index contributed by atoms with van der Waals surface area (Å²) in [6.45, 7) is -0.964. The molecule has 0 radical (unpaired) electrons. The topological polar surface area (TPSA) is 87.5 Å². The van der Waals surface area contributed by atoms with Crippen molar-refractivity contribution in [1.29, 1.82) is 5.26 Å². The number of hydrogen-bond donors (Lipinski definition) is 0. The van der Waals surface area contributed by atoms with Crippen LogP contribution < -0.4 is 0 Å².